The number of halogens is 5. The van der Waals surface area contributed by atoms with Gasteiger partial charge in [-0.3, -0.25) is 9.36 Å². The van der Waals surface area contributed by atoms with Crippen LogP contribution in [0.3, 0.4) is 0 Å². The first-order chi connectivity index (χ1) is 14.6. The third-order valence-corrected chi connectivity index (χ3v) is 5.45. The van der Waals surface area contributed by atoms with Crippen molar-refractivity contribution in [3.8, 4) is 0 Å². The monoisotopic (exact) mass is 435 g/mol. The fourth-order valence-electron chi connectivity index (χ4n) is 3.81. The highest BCUT2D eigenvalue weighted by molar-refractivity contribution is 5.82. The van der Waals surface area contributed by atoms with E-state index in [0.717, 1.165) is 18.2 Å². The molecule has 0 bridgehead atoms. The molecule has 0 saturated heterocycles. The average Bonchev–Trinajstić information content (AvgIpc) is 3.33. The molecule has 0 unspecified atom stereocenters. The first-order valence-electron chi connectivity index (χ1n) is 9.48. The van der Waals surface area contributed by atoms with Crippen LogP contribution in [0.4, 0.5) is 22.0 Å². The van der Waals surface area contributed by atoms with E-state index in [1.165, 1.54) is 35.5 Å². The van der Waals surface area contributed by atoms with Crippen molar-refractivity contribution in [2.24, 2.45) is 0 Å². The minimum Gasteiger partial charge on any atom is -0.265 e. The van der Waals surface area contributed by atoms with Crippen LogP contribution in [0.2, 0.25) is 0 Å². The summed E-state index contributed by atoms with van der Waals surface area (Å²) in [7, 11) is 0. The van der Waals surface area contributed by atoms with E-state index in [1.54, 1.807) is 18.5 Å². The molecule has 10 heteroatoms. The van der Waals surface area contributed by atoms with Gasteiger partial charge in [0.1, 0.15) is 24.3 Å². The second kappa shape index (κ2) is 7.75. The van der Waals surface area contributed by atoms with Crippen LogP contribution in [0.15, 0.2) is 49.1 Å². The molecule has 2 aromatic carbocycles. The van der Waals surface area contributed by atoms with Gasteiger partial charge in [-0.25, -0.2) is 13.8 Å². The van der Waals surface area contributed by atoms with Gasteiger partial charge in [0.25, 0.3) is 0 Å². The fraction of sp³-hybridized carbons (Fsp3) is 0.286. The number of aryl methyl sites for hydroxylation is 1. The molecule has 0 amide bonds. The highest BCUT2D eigenvalue weighted by atomic mass is 19.4. The molecule has 0 N–H and O–H groups in total. The van der Waals surface area contributed by atoms with Gasteiger partial charge >= 0.3 is 6.18 Å². The summed E-state index contributed by atoms with van der Waals surface area (Å²) in [6, 6.07) is 6.22. The largest absolute Gasteiger partial charge is 0.416 e. The van der Waals surface area contributed by atoms with Gasteiger partial charge < -0.3 is 0 Å². The van der Waals surface area contributed by atoms with Crippen molar-refractivity contribution in [3.05, 3.63) is 77.5 Å². The van der Waals surface area contributed by atoms with Crippen LogP contribution in [0, 0.1) is 18.6 Å². The van der Waals surface area contributed by atoms with E-state index in [9.17, 15) is 22.0 Å². The van der Waals surface area contributed by atoms with Gasteiger partial charge in [-0.05, 0) is 43.7 Å². The number of hydrogen-bond donors (Lipinski definition) is 0. The summed E-state index contributed by atoms with van der Waals surface area (Å²) in [4.78, 5) is 3.89. The van der Waals surface area contributed by atoms with Crippen molar-refractivity contribution in [2.45, 2.75) is 38.5 Å². The smallest absolute Gasteiger partial charge is 0.265 e. The molecule has 4 aromatic rings. The normalized spacial score (nSPS) is 14.2. The summed E-state index contributed by atoms with van der Waals surface area (Å²) in [5.41, 5.74) is 0.398. The van der Waals surface area contributed by atoms with E-state index < -0.39 is 35.3 Å². The van der Waals surface area contributed by atoms with Crippen molar-refractivity contribution in [1.29, 1.82) is 0 Å². The van der Waals surface area contributed by atoms with Crippen LogP contribution in [0.5, 0.6) is 0 Å². The molecule has 2 heterocycles. The van der Waals surface area contributed by atoms with Crippen molar-refractivity contribution >= 4 is 10.9 Å². The summed E-state index contributed by atoms with van der Waals surface area (Å²) in [5.74, 6) is -1.96. The highest BCUT2D eigenvalue weighted by Gasteiger charge is 2.32. The van der Waals surface area contributed by atoms with Gasteiger partial charge in [0, 0.05) is 23.1 Å². The van der Waals surface area contributed by atoms with Crippen molar-refractivity contribution in [3.63, 3.8) is 0 Å². The number of fused-ring (bicyclic) bond motifs is 1. The first kappa shape index (κ1) is 21.0. The Morgan fingerprint density at radius 2 is 1.84 bits per heavy atom. The zero-order chi connectivity index (χ0) is 22.3. The molecule has 0 aliphatic rings. The van der Waals surface area contributed by atoms with Crippen LogP contribution >= 0.6 is 0 Å². The zero-order valence-corrected chi connectivity index (χ0v) is 16.6. The number of benzene rings is 2. The fourth-order valence-corrected chi connectivity index (χ4v) is 3.81. The Hall–Kier alpha value is -3.30. The second-order valence-electron chi connectivity index (χ2n) is 7.39. The van der Waals surface area contributed by atoms with Crippen LogP contribution in [-0.4, -0.2) is 24.5 Å². The zero-order valence-electron chi connectivity index (χ0n) is 16.6. The molecule has 0 aliphatic carbocycles. The van der Waals surface area contributed by atoms with Crippen molar-refractivity contribution in [1.82, 2.24) is 24.5 Å². The first-order valence-corrected chi connectivity index (χ1v) is 9.48. The topological polar surface area (TPSA) is 48.5 Å². The standard InChI is InChI=1S/C21H18F5N5/c1-12-17-7-14(21(24,25)26)3-6-20(17)29-31(12)13(2)18(9-30-11-27-10-28-30)16-5-4-15(22)8-19(16)23/h3-8,10-11,13,18H,9H2,1-2H3/t13-,18-/m1/s1. The SMILES string of the molecule is Cc1c2cc(C(F)(F)F)ccc2nn1[C@H](C)[C@@H](Cn1cncn1)c1ccc(F)cc1F. The molecule has 0 spiro atoms. The van der Waals surface area contributed by atoms with Gasteiger partial charge in [0.2, 0.25) is 0 Å². The summed E-state index contributed by atoms with van der Waals surface area (Å²) in [6.07, 6.45) is -1.65. The van der Waals surface area contributed by atoms with Gasteiger partial charge in [0.05, 0.1) is 23.7 Å². The number of rotatable bonds is 5. The van der Waals surface area contributed by atoms with Crippen LogP contribution in [-0.2, 0) is 12.7 Å². The number of aromatic nitrogens is 5. The molecule has 2 atom stereocenters. The highest BCUT2D eigenvalue weighted by Crippen LogP contribution is 2.36. The van der Waals surface area contributed by atoms with E-state index in [4.69, 9.17) is 0 Å². The van der Waals surface area contributed by atoms with E-state index in [2.05, 4.69) is 15.2 Å². The maximum Gasteiger partial charge on any atom is 0.416 e. The third kappa shape index (κ3) is 4.01. The van der Waals surface area contributed by atoms with E-state index in [0.29, 0.717) is 16.6 Å². The molecule has 0 fully saturated rings. The lowest BCUT2D eigenvalue weighted by atomic mass is 9.91. The lowest BCUT2D eigenvalue weighted by molar-refractivity contribution is -0.137. The molecule has 0 aliphatic heterocycles. The Morgan fingerprint density at radius 1 is 1.06 bits per heavy atom. The van der Waals surface area contributed by atoms with Crippen molar-refractivity contribution < 1.29 is 22.0 Å². The van der Waals surface area contributed by atoms with Gasteiger partial charge in [0.15, 0.2) is 0 Å². The van der Waals surface area contributed by atoms with Crippen LogP contribution in [0.25, 0.3) is 10.9 Å². The maximum atomic E-state index is 14.7. The van der Waals surface area contributed by atoms with E-state index in [-0.39, 0.29) is 12.1 Å². The van der Waals surface area contributed by atoms with Crippen molar-refractivity contribution in [2.75, 3.05) is 0 Å². The summed E-state index contributed by atoms with van der Waals surface area (Å²) in [6.45, 7) is 3.67. The Morgan fingerprint density at radius 3 is 2.48 bits per heavy atom. The van der Waals surface area contributed by atoms with Gasteiger partial charge in [-0.15, -0.1) is 0 Å². The average molecular weight is 435 g/mol. The minimum atomic E-state index is -4.47. The predicted molar refractivity (Wildman–Crippen MR) is 103 cm³/mol. The third-order valence-electron chi connectivity index (χ3n) is 5.45. The van der Waals surface area contributed by atoms with Gasteiger partial charge in [-0.2, -0.15) is 23.4 Å². The van der Waals surface area contributed by atoms with E-state index >= 15 is 0 Å². The molecule has 2 aromatic heterocycles. The molecule has 162 valence electrons. The molecule has 4 rings (SSSR count). The number of hydrogen-bond acceptors (Lipinski definition) is 3. The Bertz CT molecular complexity index is 1210. The van der Waals surface area contributed by atoms with Crippen LogP contribution in [0.1, 0.15) is 35.7 Å². The Kier molecular flexibility index (Phi) is 5.24. The summed E-state index contributed by atoms with van der Waals surface area (Å²) in [5, 5.41) is 8.89. The lowest BCUT2D eigenvalue weighted by Gasteiger charge is -2.26. The van der Waals surface area contributed by atoms with E-state index in [1.807, 2.05) is 0 Å². The molecule has 31 heavy (non-hydrogen) atoms. The maximum absolute atomic E-state index is 14.7. The molecule has 0 radical (unpaired) electrons. The number of alkyl halides is 3. The minimum absolute atomic E-state index is 0.215. The lowest BCUT2D eigenvalue weighted by Crippen LogP contribution is -2.23. The quantitative estimate of drug-likeness (QED) is 0.401. The Balaban J connectivity index is 1.80. The molecular weight excluding hydrogens is 417 g/mol. The molecular formula is C21H18F5N5. The van der Waals surface area contributed by atoms with Crippen LogP contribution < -0.4 is 0 Å². The number of nitrogens with zero attached hydrogens (tertiary/aromatic N) is 5. The summed E-state index contributed by atoms with van der Waals surface area (Å²) < 4.78 is 70.6. The molecule has 0 saturated carbocycles. The predicted octanol–water partition coefficient (Wildman–Crippen LogP) is 5.28. The van der Waals surface area contributed by atoms with Gasteiger partial charge in [-0.1, -0.05) is 6.07 Å². The second-order valence-corrected chi connectivity index (χ2v) is 7.39. The Labute approximate surface area is 174 Å². The summed E-state index contributed by atoms with van der Waals surface area (Å²) >= 11 is 0. The molecule has 5 nitrogen and oxygen atoms in total.